The van der Waals surface area contributed by atoms with Gasteiger partial charge in [-0.2, -0.15) is 20.4 Å². The van der Waals surface area contributed by atoms with E-state index in [1.54, 1.807) is 36.5 Å². The molecule has 0 saturated carbocycles. The first-order valence-corrected chi connectivity index (χ1v) is 23.3. The molecule has 0 radical (unpaired) electrons. The summed E-state index contributed by atoms with van der Waals surface area (Å²) >= 11 is 0. The number of nitriles is 1. The zero-order valence-corrected chi connectivity index (χ0v) is 37.9. The van der Waals surface area contributed by atoms with Crippen molar-refractivity contribution >= 4 is 28.4 Å². The monoisotopic (exact) mass is 915 g/mol. The van der Waals surface area contributed by atoms with Gasteiger partial charge >= 0.3 is 0 Å². The summed E-state index contributed by atoms with van der Waals surface area (Å²) in [6, 6.07) is 25.4. The SMILES string of the molecule is Cc1nn(C2CCC(=O)NC2=O)c(=O)c2cc(C3CN(CCCCC(=O)C4CNCCC4COc4ccnc(-c5ccc(Cc6cc(-c7cccc(C#N)c7)n[nH]c6=O)cc5)n4)CCN3)ccc12. The highest BCUT2D eigenvalue weighted by atomic mass is 16.5. The molecular formula is C51H53N11O6. The summed E-state index contributed by atoms with van der Waals surface area (Å²) in [6.45, 7) is 6.89. The van der Waals surface area contributed by atoms with Crippen LogP contribution in [0.3, 0.4) is 0 Å². The number of aryl methyl sites for hydroxylation is 1. The van der Waals surface area contributed by atoms with E-state index in [1.807, 2.05) is 55.5 Å². The number of ether oxygens (including phenoxy) is 1. The minimum Gasteiger partial charge on any atom is -0.477 e. The number of ketones is 1. The summed E-state index contributed by atoms with van der Waals surface area (Å²) in [7, 11) is 0. The number of benzene rings is 3. The van der Waals surface area contributed by atoms with Gasteiger partial charge in [0, 0.05) is 97.7 Å². The van der Waals surface area contributed by atoms with E-state index >= 15 is 0 Å². The number of piperidine rings is 2. The number of rotatable bonds is 15. The number of aromatic amines is 1. The smallest absolute Gasteiger partial charge is 0.275 e. The molecule has 9 rings (SSSR count). The molecule has 3 aliphatic heterocycles. The van der Waals surface area contributed by atoms with Crippen molar-refractivity contribution in [2.45, 2.75) is 64.0 Å². The maximum atomic E-state index is 13.7. The third-order valence-corrected chi connectivity index (χ3v) is 13.3. The molecule has 348 valence electrons. The van der Waals surface area contributed by atoms with Gasteiger partial charge in [0.1, 0.15) is 11.8 Å². The molecule has 0 aliphatic carbocycles. The molecule has 4 atom stereocenters. The largest absolute Gasteiger partial charge is 0.477 e. The lowest BCUT2D eigenvalue weighted by atomic mass is 9.82. The van der Waals surface area contributed by atoms with Gasteiger partial charge in [0.05, 0.1) is 35.0 Å². The molecule has 3 fully saturated rings. The van der Waals surface area contributed by atoms with Crippen molar-refractivity contribution in [1.82, 2.24) is 50.8 Å². The van der Waals surface area contributed by atoms with Crippen molar-refractivity contribution in [3.05, 3.63) is 134 Å². The van der Waals surface area contributed by atoms with E-state index in [4.69, 9.17) is 9.72 Å². The van der Waals surface area contributed by atoms with E-state index in [1.165, 1.54) is 4.68 Å². The molecule has 68 heavy (non-hydrogen) atoms. The molecule has 4 unspecified atom stereocenters. The van der Waals surface area contributed by atoms with E-state index in [-0.39, 0.29) is 53.5 Å². The van der Waals surface area contributed by atoms with Crippen molar-refractivity contribution < 1.29 is 19.1 Å². The minimum absolute atomic E-state index is 0.000468. The van der Waals surface area contributed by atoms with Gasteiger partial charge in [-0.05, 0) is 81.1 Å². The summed E-state index contributed by atoms with van der Waals surface area (Å²) in [5, 5.41) is 31.1. The number of nitrogens with zero attached hydrogens (tertiary/aromatic N) is 7. The van der Waals surface area contributed by atoms with Gasteiger partial charge in [-0.1, -0.05) is 48.5 Å². The number of piperazine rings is 1. The van der Waals surface area contributed by atoms with E-state index in [0.29, 0.717) is 65.6 Å². The van der Waals surface area contributed by atoms with Gasteiger partial charge in [0.25, 0.3) is 17.0 Å². The first kappa shape index (κ1) is 45.9. The number of hydrogen-bond acceptors (Lipinski definition) is 14. The lowest BCUT2D eigenvalue weighted by molar-refractivity contribution is -0.136. The van der Waals surface area contributed by atoms with Gasteiger partial charge in [0.2, 0.25) is 11.8 Å². The van der Waals surface area contributed by atoms with Crippen LogP contribution in [-0.2, 0) is 20.8 Å². The van der Waals surface area contributed by atoms with Crippen LogP contribution in [0.4, 0.5) is 0 Å². The Morgan fingerprint density at radius 1 is 0.941 bits per heavy atom. The molecule has 6 heterocycles. The molecule has 3 aromatic carbocycles. The quantitative estimate of drug-likeness (QED) is 0.0830. The predicted molar refractivity (Wildman–Crippen MR) is 253 cm³/mol. The highest BCUT2D eigenvalue weighted by molar-refractivity contribution is 5.99. The average molecular weight is 916 g/mol. The fraction of sp³-hybridized carbons (Fsp3) is 0.373. The van der Waals surface area contributed by atoms with Crippen LogP contribution in [0.5, 0.6) is 5.88 Å². The number of hydrogen-bond donors (Lipinski definition) is 4. The molecule has 17 heteroatoms. The molecule has 3 saturated heterocycles. The Balaban J connectivity index is 0.756. The van der Waals surface area contributed by atoms with Crippen LogP contribution in [-0.4, -0.2) is 98.3 Å². The Hall–Kier alpha value is -7.26. The van der Waals surface area contributed by atoms with E-state index in [9.17, 15) is 29.2 Å². The molecule has 0 spiro atoms. The number of fused-ring (bicyclic) bond motifs is 1. The number of carbonyl (C=O) groups is 3. The second-order valence-corrected chi connectivity index (χ2v) is 17.9. The molecule has 0 bridgehead atoms. The maximum Gasteiger partial charge on any atom is 0.275 e. The van der Waals surface area contributed by atoms with Crippen LogP contribution in [0.25, 0.3) is 33.4 Å². The zero-order chi connectivity index (χ0) is 47.1. The van der Waals surface area contributed by atoms with Gasteiger partial charge in [-0.25, -0.2) is 14.8 Å². The van der Waals surface area contributed by atoms with E-state index in [2.05, 4.69) is 47.2 Å². The van der Waals surface area contributed by atoms with E-state index in [0.717, 1.165) is 79.6 Å². The average Bonchev–Trinajstić information content (AvgIpc) is 3.37. The summed E-state index contributed by atoms with van der Waals surface area (Å²) < 4.78 is 7.47. The maximum absolute atomic E-state index is 13.7. The summed E-state index contributed by atoms with van der Waals surface area (Å²) in [4.78, 5) is 76.0. The Morgan fingerprint density at radius 3 is 2.65 bits per heavy atom. The number of amides is 2. The lowest BCUT2D eigenvalue weighted by Crippen LogP contribution is -2.46. The molecule has 2 amide bonds. The topological polar surface area (TPSA) is 230 Å². The van der Waals surface area contributed by atoms with Crippen LogP contribution < -0.4 is 31.8 Å². The van der Waals surface area contributed by atoms with Crippen molar-refractivity contribution in [3.63, 3.8) is 0 Å². The van der Waals surface area contributed by atoms with Gasteiger partial charge in [-0.15, -0.1) is 0 Å². The van der Waals surface area contributed by atoms with Crippen molar-refractivity contribution in [3.8, 4) is 34.6 Å². The summed E-state index contributed by atoms with van der Waals surface area (Å²) in [5.41, 5.74) is 5.10. The Morgan fingerprint density at radius 2 is 1.81 bits per heavy atom. The number of nitrogens with one attached hydrogen (secondary N) is 4. The number of aromatic nitrogens is 6. The minimum atomic E-state index is -0.827. The summed E-state index contributed by atoms with van der Waals surface area (Å²) in [6.07, 6.45) is 5.42. The highest BCUT2D eigenvalue weighted by Crippen LogP contribution is 2.27. The molecular weight excluding hydrogens is 863 g/mol. The van der Waals surface area contributed by atoms with Crippen molar-refractivity contribution in [2.75, 3.05) is 45.9 Å². The molecule has 3 aliphatic rings. The third-order valence-electron chi connectivity index (χ3n) is 13.3. The molecule has 4 N–H and O–H groups in total. The molecule has 6 aromatic rings. The van der Waals surface area contributed by atoms with Crippen LogP contribution in [0, 0.1) is 30.1 Å². The lowest BCUT2D eigenvalue weighted by Gasteiger charge is -2.34. The third kappa shape index (κ3) is 10.5. The van der Waals surface area contributed by atoms with Gasteiger partial charge in [0.15, 0.2) is 5.82 Å². The van der Waals surface area contributed by atoms with Crippen LogP contribution in [0.1, 0.15) is 78.6 Å². The first-order chi connectivity index (χ1) is 33.1. The summed E-state index contributed by atoms with van der Waals surface area (Å²) in [5.74, 6) is 0.240. The number of H-pyrrole nitrogens is 1. The fourth-order valence-electron chi connectivity index (χ4n) is 9.55. The predicted octanol–water partition coefficient (Wildman–Crippen LogP) is 4.34. The van der Waals surface area contributed by atoms with E-state index < -0.39 is 11.9 Å². The fourth-order valence-corrected chi connectivity index (χ4v) is 9.55. The van der Waals surface area contributed by atoms with Gasteiger partial charge in [-0.3, -0.25) is 29.3 Å². The number of carbonyl (C=O) groups excluding carboxylic acids is 3. The zero-order valence-electron chi connectivity index (χ0n) is 37.9. The normalized spacial score (nSPS) is 19.9. The Bertz CT molecular complexity index is 3020. The van der Waals surface area contributed by atoms with Crippen molar-refractivity contribution in [2.24, 2.45) is 11.8 Å². The molecule has 3 aromatic heterocycles. The van der Waals surface area contributed by atoms with Crippen LogP contribution in [0.2, 0.25) is 0 Å². The highest BCUT2D eigenvalue weighted by Gasteiger charge is 2.32. The number of unbranched alkanes of at least 4 members (excludes halogenated alkanes) is 1. The number of Topliss-reactive ketones (excluding diaryl/α,β-unsaturated/α-hetero) is 1. The standard InChI is InChI=1S/C51H53N11O6/c1-31-39-13-12-36(25-40(39)51(67)62(60-31)44-14-15-46(64)56-50(44)66)43-29-61(22-20-54-43)21-3-2-7-45(63)41-28-53-18-16-37(41)30-68-47-17-19-55-48(57-47)34-10-8-32(9-11-34)23-38-26-42(58-59-49(38)65)35-6-4-5-33(24-35)27-52/h4-6,8-13,17,19,24-26,37,41,43-44,53-54H,2-3,7,14-16,18,20-23,28-30H2,1H3,(H,59,65)(H,56,64,66). The van der Waals surface area contributed by atoms with Crippen LogP contribution in [0.15, 0.2) is 94.6 Å². The Labute approximate surface area is 392 Å². The Kier molecular flexibility index (Phi) is 14.0. The number of imide groups is 1. The van der Waals surface area contributed by atoms with Gasteiger partial charge < -0.3 is 20.3 Å². The first-order valence-electron chi connectivity index (χ1n) is 23.3. The molecule has 17 nitrogen and oxygen atoms in total. The van der Waals surface area contributed by atoms with Crippen molar-refractivity contribution in [1.29, 1.82) is 5.26 Å². The second-order valence-electron chi connectivity index (χ2n) is 17.9. The second kappa shape index (κ2) is 20.7. The van der Waals surface area contributed by atoms with Crippen LogP contribution >= 0.6 is 0 Å².